The van der Waals surface area contributed by atoms with E-state index in [1.807, 2.05) is 6.92 Å². The van der Waals surface area contributed by atoms with E-state index in [4.69, 9.17) is 5.11 Å². The van der Waals surface area contributed by atoms with Crippen LogP contribution in [0.1, 0.15) is 13.3 Å². The van der Waals surface area contributed by atoms with Crippen LogP contribution in [0, 0.1) is 0 Å². The molecule has 10 heavy (non-hydrogen) atoms. The molecule has 1 aliphatic heterocycles. The fraction of sp³-hybridized carbons (Fsp3) is 0.571. The molecule has 0 saturated carbocycles. The number of hydrogen-bond acceptors (Lipinski definition) is 2. The Bertz CT molecular complexity index is 174. The summed E-state index contributed by atoms with van der Waals surface area (Å²) < 4.78 is 0. The summed E-state index contributed by atoms with van der Waals surface area (Å²) in [5.41, 5.74) is 0.534. The van der Waals surface area contributed by atoms with Crippen LogP contribution in [0.25, 0.3) is 0 Å². The Kier molecular flexibility index (Phi) is 2.06. The van der Waals surface area contributed by atoms with Crippen molar-refractivity contribution in [2.24, 2.45) is 0 Å². The monoisotopic (exact) mass is 141 g/mol. The number of hydrogen-bond donors (Lipinski definition) is 2. The topological polar surface area (TPSA) is 49.3 Å². The van der Waals surface area contributed by atoms with E-state index < -0.39 is 5.97 Å². The highest BCUT2D eigenvalue weighted by Crippen LogP contribution is 2.08. The van der Waals surface area contributed by atoms with Gasteiger partial charge in [-0.2, -0.15) is 0 Å². The summed E-state index contributed by atoms with van der Waals surface area (Å²) >= 11 is 0. The van der Waals surface area contributed by atoms with Crippen LogP contribution in [0.5, 0.6) is 0 Å². The van der Waals surface area contributed by atoms with Gasteiger partial charge in [0.1, 0.15) is 0 Å². The maximum Gasteiger partial charge on any atom is 0.331 e. The molecular weight excluding hydrogens is 130 g/mol. The zero-order valence-electron chi connectivity index (χ0n) is 5.92. The Morgan fingerprint density at radius 2 is 2.60 bits per heavy atom. The summed E-state index contributed by atoms with van der Waals surface area (Å²) in [5.74, 6) is -0.784. The Hall–Kier alpha value is -0.830. The molecule has 0 amide bonds. The minimum Gasteiger partial charge on any atom is -0.478 e. The molecule has 0 aromatic carbocycles. The Morgan fingerprint density at radius 1 is 1.90 bits per heavy atom. The summed E-state index contributed by atoms with van der Waals surface area (Å²) in [4.78, 5) is 10.4. The zero-order chi connectivity index (χ0) is 7.56. The van der Waals surface area contributed by atoms with Gasteiger partial charge in [-0.25, -0.2) is 4.79 Å². The average Bonchev–Trinajstić information content (AvgIpc) is 1.88. The normalized spacial score (nSPS) is 25.7. The van der Waals surface area contributed by atoms with Crippen molar-refractivity contribution < 1.29 is 9.90 Å². The molecule has 0 aromatic rings. The predicted molar refractivity (Wildman–Crippen MR) is 37.8 cm³/mol. The lowest BCUT2D eigenvalue weighted by Gasteiger charge is -2.17. The molecule has 0 bridgehead atoms. The maximum atomic E-state index is 10.4. The van der Waals surface area contributed by atoms with Gasteiger partial charge < -0.3 is 10.4 Å². The molecule has 1 atom stereocenters. The molecule has 56 valence electrons. The van der Waals surface area contributed by atoms with Gasteiger partial charge in [0.15, 0.2) is 0 Å². The molecule has 0 radical (unpaired) electrons. The second-order valence-electron chi connectivity index (χ2n) is 2.55. The Labute approximate surface area is 59.7 Å². The molecule has 0 aliphatic carbocycles. The molecule has 1 rings (SSSR count). The third-order valence-corrected chi connectivity index (χ3v) is 1.62. The van der Waals surface area contributed by atoms with E-state index in [1.165, 1.54) is 0 Å². The average molecular weight is 141 g/mol. The van der Waals surface area contributed by atoms with Crippen molar-refractivity contribution in [2.45, 2.75) is 19.4 Å². The van der Waals surface area contributed by atoms with Crippen LogP contribution < -0.4 is 5.32 Å². The number of rotatable bonds is 1. The van der Waals surface area contributed by atoms with Crippen molar-refractivity contribution in [3.8, 4) is 0 Å². The summed E-state index contributed by atoms with van der Waals surface area (Å²) in [5, 5.41) is 11.7. The summed E-state index contributed by atoms with van der Waals surface area (Å²) in [6.07, 6.45) is 2.36. The standard InChI is InChI=1S/C7H11NO2/c1-5-4-6(7(9)10)2-3-8-5/h2,5,8H,3-4H2,1H3,(H,9,10)/t5-/m1/s1. The number of carboxylic acid groups (broad SMARTS) is 1. The van der Waals surface area contributed by atoms with Gasteiger partial charge in [0.25, 0.3) is 0 Å². The summed E-state index contributed by atoms with van der Waals surface area (Å²) in [7, 11) is 0. The minimum atomic E-state index is -0.784. The van der Waals surface area contributed by atoms with Crippen molar-refractivity contribution >= 4 is 5.97 Å². The summed E-state index contributed by atoms with van der Waals surface area (Å²) in [6, 6.07) is 0.302. The number of nitrogens with one attached hydrogen (secondary N) is 1. The van der Waals surface area contributed by atoms with Crippen molar-refractivity contribution in [1.82, 2.24) is 5.32 Å². The lowest BCUT2D eigenvalue weighted by molar-refractivity contribution is -0.132. The molecule has 0 aromatic heterocycles. The van der Waals surface area contributed by atoms with Gasteiger partial charge >= 0.3 is 5.97 Å². The minimum absolute atomic E-state index is 0.302. The Morgan fingerprint density at radius 3 is 3.00 bits per heavy atom. The third-order valence-electron chi connectivity index (χ3n) is 1.62. The van der Waals surface area contributed by atoms with E-state index in [1.54, 1.807) is 6.08 Å². The maximum absolute atomic E-state index is 10.4. The molecule has 0 saturated heterocycles. The van der Waals surface area contributed by atoms with Crippen molar-refractivity contribution in [1.29, 1.82) is 0 Å². The highest BCUT2D eigenvalue weighted by Gasteiger charge is 2.14. The third kappa shape index (κ3) is 1.57. The molecule has 0 fully saturated rings. The van der Waals surface area contributed by atoms with Gasteiger partial charge in [-0.3, -0.25) is 0 Å². The van der Waals surface area contributed by atoms with Crippen LogP contribution >= 0.6 is 0 Å². The molecule has 2 N–H and O–H groups in total. The molecule has 0 unspecified atom stereocenters. The van der Waals surface area contributed by atoms with E-state index >= 15 is 0 Å². The smallest absolute Gasteiger partial charge is 0.331 e. The highest BCUT2D eigenvalue weighted by atomic mass is 16.4. The largest absolute Gasteiger partial charge is 0.478 e. The van der Waals surface area contributed by atoms with Crippen LogP contribution in [0.4, 0.5) is 0 Å². The second kappa shape index (κ2) is 2.84. The van der Waals surface area contributed by atoms with Crippen LogP contribution in [0.2, 0.25) is 0 Å². The second-order valence-corrected chi connectivity index (χ2v) is 2.55. The first kappa shape index (κ1) is 7.28. The lowest BCUT2D eigenvalue weighted by atomic mass is 10.0. The first-order valence-electron chi connectivity index (χ1n) is 3.36. The van der Waals surface area contributed by atoms with Crippen LogP contribution in [-0.2, 0) is 4.79 Å². The molecule has 3 nitrogen and oxygen atoms in total. The molecule has 1 aliphatic rings. The SMILES string of the molecule is C[C@@H]1CC(C(=O)O)=CCN1. The van der Waals surface area contributed by atoms with E-state index in [2.05, 4.69) is 5.32 Å². The van der Waals surface area contributed by atoms with Gasteiger partial charge in [-0.05, 0) is 13.3 Å². The van der Waals surface area contributed by atoms with E-state index in [0.29, 0.717) is 24.6 Å². The van der Waals surface area contributed by atoms with Gasteiger partial charge in [0, 0.05) is 18.2 Å². The number of carbonyl (C=O) groups is 1. The van der Waals surface area contributed by atoms with Gasteiger partial charge in [0.05, 0.1) is 0 Å². The number of carboxylic acids is 1. The van der Waals surface area contributed by atoms with E-state index in [-0.39, 0.29) is 0 Å². The van der Waals surface area contributed by atoms with E-state index in [0.717, 1.165) is 0 Å². The fourth-order valence-corrected chi connectivity index (χ4v) is 1.04. The van der Waals surface area contributed by atoms with E-state index in [9.17, 15) is 4.79 Å². The first-order chi connectivity index (χ1) is 4.70. The fourth-order valence-electron chi connectivity index (χ4n) is 1.04. The number of aliphatic carboxylic acids is 1. The van der Waals surface area contributed by atoms with Crippen molar-refractivity contribution in [2.75, 3.05) is 6.54 Å². The molecule has 0 spiro atoms. The quantitative estimate of drug-likeness (QED) is 0.555. The first-order valence-corrected chi connectivity index (χ1v) is 3.36. The lowest BCUT2D eigenvalue weighted by Crippen LogP contribution is -2.31. The van der Waals surface area contributed by atoms with Gasteiger partial charge in [-0.15, -0.1) is 0 Å². The van der Waals surface area contributed by atoms with Crippen LogP contribution in [0.3, 0.4) is 0 Å². The van der Waals surface area contributed by atoms with Crippen molar-refractivity contribution in [3.63, 3.8) is 0 Å². The van der Waals surface area contributed by atoms with Crippen molar-refractivity contribution in [3.05, 3.63) is 11.6 Å². The van der Waals surface area contributed by atoms with Crippen LogP contribution in [0.15, 0.2) is 11.6 Å². The molecule has 1 heterocycles. The highest BCUT2D eigenvalue weighted by molar-refractivity contribution is 5.86. The Balaban J connectivity index is 2.60. The zero-order valence-corrected chi connectivity index (χ0v) is 5.92. The van der Waals surface area contributed by atoms with Gasteiger partial charge in [-0.1, -0.05) is 6.08 Å². The predicted octanol–water partition coefficient (Wildman–Crippen LogP) is 0.379. The summed E-state index contributed by atoms with van der Waals surface area (Å²) in [6.45, 7) is 2.67. The van der Waals surface area contributed by atoms with Gasteiger partial charge in [0.2, 0.25) is 0 Å². The molecular formula is C7H11NO2. The van der Waals surface area contributed by atoms with Crippen LogP contribution in [-0.4, -0.2) is 23.7 Å². The molecule has 3 heteroatoms.